The molecule has 1 aromatic heterocycles. The van der Waals surface area contributed by atoms with Gasteiger partial charge in [0, 0.05) is 43.8 Å². The average molecular weight is 478 g/mol. The van der Waals surface area contributed by atoms with E-state index in [1.165, 1.54) is 4.90 Å². The molecule has 0 radical (unpaired) electrons. The number of amides is 1. The lowest BCUT2D eigenvalue weighted by Gasteiger charge is -2.51. The van der Waals surface area contributed by atoms with Gasteiger partial charge in [0.25, 0.3) is 0 Å². The SMILES string of the molecule is O=C([C@@H]1C[C@@H](O)C2(CCC2)CN1)N1CCC(c2nc(C3CC(F)(F)C3)no2)(C(F)(F)F)CC1. The molecule has 0 unspecified atom stereocenters. The van der Waals surface area contributed by atoms with Crippen molar-refractivity contribution in [2.75, 3.05) is 19.6 Å². The predicted octanol–water partition coefficient (Wildman–Crippen LogP) is 2.90. The number of aliphatic hydroxyl groups excluding tert-OH is 1. The Morgan fingerprint density at radius 3 is 2.33 bits per heavy atom. The normalized spacial score (nSPS) is 31.2. The molecular weight excluding hydrogens is 451 g/mol. The molecule has 184 valence electrons. The molecule has 2 aliphatic carbocycles. The van der Waals surface area contributed by atoms with Crippen molar-refractivity contribution in [3.63, 3.8) is 0 Å². The minimum atomic E-state index is -4.70. The van der Waals surface area contributed by atoms with Crippen LogP contribution in [-0.2, 0) is 10.2 Å². The summed E-state index contributed by atoms with van der Waals surface area (Å²) < 4.78 is 73.8. The van der Waals surface area contributed by atoms with Crippen molar-refractivity contribution in [1.82, 2.24) is 20.4 Å². The Hall–Kier alpha value is -1.82. The van der Waals surface area contributed by atoms with Gasteiger partial charge in [0.1, 0.15) is 5.41 Å². The quantitative estimate of drug-likeness (QED) is 0.650. The van der Waals surface area contributed by atoms with E-state index in [2.05, 4.69) is 15.5 Å². The number of aliphatic hydroxyl groups is 1. The van der Waals surface area contributed by atoms with Crippen molar-refractivity contribution in [3.05, 3.63) is 11.7 Å². The third-order valence-electron chi connectivity index (χ3n) is 8.29. The first-order chi connectivity index (χ1) is 15.4. The molecule has 5 rings (SSSR count). The molecule has 0 aromatic carbocycles. The summed E-state index contributed by atoms with van der Waals surface area (Å²) in [5.41, 5.74) is -2.60. The summed E-state index contributed by atoms with van der Waals surface area (Å²) in [6.07, 6.45) is -4.11. The summed E-state index contributed by atoms with van der Waals surface area (Å²) in [5, 5.41) is 17.3. The highest BCUT2D eigenvalue weighted by atomic mass is 19.4. The Labute approximate surface area is 187 Å². The van der Waals surface area contributed by atoms with E-state index in [-0.39, 0.29) is 36.7 Å². The smallest absolute Gasteiger partial charge is 0.392 e. The third-order valence-corrected chi connectivity index (χ3v) is 8.29. The number of nitrogens with zero attached hydrogens (tertiary/aromatic N) is 3. The number of hydrogen-bond acceptors (Lipinski definition) is 6. The van der Waals surface area contributed by atoms with Gasteiger partial charge in [-0.2, -0.15) is 18.2 Å². The van der Waals surface area contributed by atoms with Crippen LogP contribution in [0.25, 0.3) is 0 Å². The van der Waals surface area contributed by atoms with E-state index in [9.17, 15) is 31.9 Å². The Bertz CT molecular complexity index is 900. The van der Waals surface area contributed by atoms with Gasteiger partial charge in [-0.25, -0.2) is 8.78 Å². The first kappa shape index (κ1) is 22.9. The van der Waals surface area contributed by atoms with Gasteiger partial charge < -0.3 is 19.8 Å². The summed E-state index contributed by atoms with van der Waals surface area (Å²) in [5.74, 6) is -4.62. The van der Waals surface area contributed by atoms with Crippen LogP contribution in [0.3, 0.4) is 0 Å². The van der Waals surface area contributed by atoms with Crippen molar-refractivity contribution in [2.45, 2.75) is 86.9 Å². The predicted molar refractivity (Wildman–Crippen MR) is 103 cm³/mol. The molecular formula is C21H27F5N4O3. The summed E-state index contributed by atoms with van der Waals surface area (Å²) >= 11 is 0. The van der Waals surface area contributed by atoms with Gasteiger partial charge in [-0.3, -0.25) is 4.79 Å². The standard InChI is InChI=1S/C21H27F5N4O3/c22-20(23)9-12(10-20)15-28-17(33-29-15)19(21(24,25)26)4-6-30(7-5-19)16(32)13-8-14(31)18(11-27-13)2-1-3-18/h12-14,27,31H,1-11H2/t13-,14+/m0/s1. The first-order valence-electron chi connectivity index (χ1n) is 11.4. The summed E-state index contributed by atoms with van der Waals surface area (Å²) in [6, 6.07) is -0.625. The second-order valence-corrected chi connectivity index (χ2v) is 10.2. The first-order valence-corrected chi connectivity index (χ1v) is 11.4. The van der Waals surface area contributed by atoms with Crippen LogP contribution in [0.1, 0.15) is 69.0 Å². The van der Waals surface area contributed by atoms with E-state index in [1.54, 1.807) is 0 Å². The molecule has 2 N–H and O–H groups in total. The van der Waals surface area contributed by atoms with Crippen LogP contribution in [0.15, 0.2) is 4.52 Å². The molecule has 0 bridgehead atoms. The molecule has 1 amide bonds. The van der Waals surface area contributed by atoms with Crippen molar-refractivity contribution in [1.29, 1.82) is 0 Å². The molecule has 7 nitrogen and oxygen atoms in total. The fourth-order valence-corrected chi connectivity index (χ4v) is 5.72. The molecule has 4 fully saturated rings. The van der Waals surface area contributed by atoms with Crippen LogP contribution in [0.4, 0.5) is 22.0 Å². The number of carbonyl (C=O) groups excluding carboxylic acids is 1. The highest BCUT2D eigenvalue weighted by molar-refractivity contribution is 5.82. The van der Waals surface area contributed by atoms with Crippen LogP contribution in [-0.4, -0.2) is 69.9 Å². The van der Waals surface area contributed by atoms with Gasteiger partial charge in [-0.1, -0.05) is 11.6 Å². The van der Waals surface area contributed by atoms with E-state index >= 15 is 0 Å². The number of likely N-dealkylation sites (tertiary alicyclic amines) is 1. The maximum absolute atomic E-state index is 14.2. The monoisotopic (exact) mass is 478 g/mol. The number of aromatic nitrogens is 2. The van der Waals surface area contributed by atoms with Crippen LogP contribution >= 0.6 is 0 Å². The van der Waals surface area contributed by atoms with Gasteiger partial charge in [-0.15, -0.1) is 0 Å². The van der Waals surface area contributed by atoms with Gasteiger partial charge in [-0.05, 0) is 32.1 Å². The summed E-state index contributed by atoms with van der Waals surface area (Å²) in [7, 11) is 0. The van der Waals surface area contributed by atoms with Crippen molar-refractivity contribution in [3.8, 4) is 0 Å². The second-order valence-electron chi connectivity index (χ2n) is 10.2. The summed E-state index contributed by atoms with van der Waals surface area (Å²) in [6.45, 7) is 0.212. The van der Waals surface area contributed by atoms with E-state index < -0.39 is 67.2 Å². The Morgan fingerprint density at radius 2 is 1.82 bits per heavy atom. The summed E-state index contributed by atoms with van der Waals surface area (Å²) in [4.78, 5) is 18.2. The van der Waals surface area contributed by atoms with Crippen LogP contribution in [0.2, 0.25) is 0 Å². The highest BCUT2D eigenvalue weighted by Gasteiger charge is 2.61. The van der Waals surface area contributed by atoms with Crippen molar-refractivity contribution < 1.29 is 36.4 Å². The highest BCUT2D eigenvalue weighted by Crippen LogP contribution is 2.51. The van der Waals surface area contributed by atoms with Gasteiger partial charge in [0.05, 0.1) is 12.1 Å². The third kappa shape index (κ3) is 3.73. The van der Waals surface area contributed by atoms with E-state index in [4.69, 9.17) is 4.52 Å². The molecule has 2 saturated carbocycles. The largest absolute Gasteiger partial charge is 0.403 e. The number of halogens is 5. The zero-order valence-corrected chi connectivity index (χ0v) is 18.0. The molecule has 4 aliphatic rings. The maximum Gasteiger partial charge on any atom is 0.403 e. The minimum Gasteiger partial charge on any atom is -0.392 e. The molecule has 1 aromatic rings. The lowest BCUT2D eigenvalue weighted by Crippen LogP contribution is -2.62. The van der Waals surface area contributed by atoms with Crippen molar-refractivity contribution in [2.24, 2.45) is 5.41 Å². The number of rotatable bonds is 3. The van der Waals surface area contributed by atoms with Crippen LogP contribution in [0, 0.1) is 5.41 Å². The molecule has 12 heteroatoms. The van der Waals surface area contributed by atoms with Gasteiger partial charge in [0.2, 0.25) is 17.7 Å². The molecule has 3 heterocycles. The Kier molecular flexibility index (Phi) is 5.28. The van der Waals surface area contributed by atoms with E-state index in [1.807, 2.05) is 0 Å². The van der Waals surface area contributed by atoms with Crippen LogP contribution < -0.4 is 5.32 Å². The lowest BCUT2D eigenvalue weighted by molar-refractivity contribution is -0.210. The average Bonchev–Trinajstić information content (AvgIpc) is 3.19. The molecule has 2 atom stereocenters. The van der Waals surface area contributed by atoms with E-state index in [0.717, 1.165) is 19.3 Å². The zero-order chi connectivity index (χ0) is 23.6. The lowest BCUT2D eigenvalue weighted by atomic mass is 9.62. The van der Waals surface area contributed by atoms with Crippen LogP contribution in [0.5, 0.6) is 0 Å². The van der Waals surface area contributed by atoms with E-state index in [0.29, 0.717) is 6.54 Å². The van der Waals surface area contributed by atoms with Gasteiger partial charge in [0.15, 0.2) is 5.82 Å². The Morgan fingerprint density at radius 1 is 1.15 bits per heavy atom. The molecule has 1 spiro atoms. The molecule has 33 heavy (non-hydrogen) atoms. The minimum absolute atomic E-state index is 0.122. The zero-order valence-electron chi connectivity index (χ0n) is 18.0. The fraction of sp³-hybridized carbons (Fsp3) is 0.857. The number of nitrogens with one attached hydrogen (secondary N) is 1. The topological polar surface area (TPSA) is 91.5 Å². The number of hydrogen-bond donors (Lipinski definition) is 2. The maximum atomic E-state index is 14.2. The Balaban J connectivity index is 1.26. The molecule has 2 saturated heterocycles. The number of carbonyl (C=O) groups is 1. The van der Waals surface area contributed by atoms with Gasteiger partial charge >= 0.3 is 6.18 Å². The second kappa shape index (κ2) is 7.59. The fourth-order valence-electron chi connectivity index (χ4n) is 5.72. The number of alkyl halides is 5. The van der Waals surface area contributed by atoms with Crippen molar-refractivity contribution >= 4 is 5.91 Å². The number of piperidine rings is 2. The molecule has 2 aliphatic heterocycles.